The molecule has 4 nitrogen and oxygen atoms in total. The van der Waals surface area contributed by atoms with Crippen LogP contribution in [-0.2, 0) is 0 Å². The third-order valence-electron chi connectivity index (χ3n) is 11.8. The van der Waals surface area contributed by atoms with Crippen molar-refractivity contribution in [3.63, 3.8) is 0 Å². The zero-order valence-corrected chi connectivity index (χ0v) is 31.8. The predicted molar refractivity (Wildman–Crippen MR) is 244 cm³/mol. The highest BCUT2D eigenvalue weighted by Gasteiger charge is 2.21. The minimum absolute atomic E-state index is 0.555. The van der Waals surface area contributed by atoms with E-state index in [0.29, 0.717) is 17.5 Å². The fourth-order valence-corrected chi connectivity index (χ4v) is 8.95. The lowest BCUT2D eigenvalue weighted by molar-refractivity contribution is 0.669. The minimum atomic E-state index is 0.555. The number of para-hydroxylation sites is 2. The van der Waals surface area contributed by atoms with Crippen molar-refractivity contribution < 1.29 is 4.42 Å². The van der Waals surface area contributed by atoms with Crippen molar-refractivity contribution in [3.8, 4) is 56.4 Å². The molecule has 0 amide bonds. The molecule has 0 aliphatic heterocycles. The molecule has 0 saturated heterocycles. The van der Waals surface area contributed by atoms with Crippen LogP contribution in [0.3, 0.4) is 0 Å². The van der Waals surface area contributed by atoms with E-state index in [2.05, 4.69) is 182 Å². The summed E-state index contributed by atoms with van der Waals surface area (Å²) in [6, 6.07) is 70.6. The molecule has 0 aliphatic carbocycles. The lowest BCUT2D eigenvalue weighted by Gasteiger charge is -2.15. The van der Waals surface area contributed by atoms with E-state index < -0.39 is 0 Å². The molecule has 59 heavy (non-hydrogen) atoms. The van der Waals surface area contributed by atoms with Crippen LogP contribution in [0.25, 0.3) is 121 Å². The smallest absolute Gasteiger partial charge is 0.167 e. The molecule has 12 aromatic rings. The van der Waals surface area contributed by atoms with Gasteiger partial charge in [0.2, 0.25) is 0 Å². The van der Waals surface area contributed by atoms with Crippen molar-refractivity contribution in [2.45, 2.75) is 0 Å². The first kappa shape index (κ1) is 33.2. The number of fused-ring (bicyclic) bond motifs is 7. The minimum Gasteiger partial charge on any atom is -0.455 e. The summed E-state index contributed by atoms with van der Waals surface area (Å²) in [6.45, 7) is 0. The van der Waals surface area contributed by atoms with Gasteiger partial charge in [0.05, 0.1) is 5.56 Å². The zero-order chi connectivity index (χ0) is 38.9. The SMILES string of the molecule is c1ccc2cc(-c3ccc(-c4nc(-c5ccc(-c6cccc7ccccc67)c6ccccc56)nc(-c5cccc6c5oc5ccccc56)n4)c4ccccc34)ccc2c1. The van der Waals surface area contributed by atoms with Crippen molar-refractivity contribution in [2.75, 3.05) is 0 Å². The normalized spacial score (nSPS) is 11.7. The monoisotopic (exact) mass is 751 g/mol. The summed E-state index contributed by atoms with van der Waals surface area (Å²) in [6.07, 6.45) is 0. The number of benzene rings is 10. The number of hydrogen-bond donors (Lipinski definition) is 0. The largest absolute Gasteiger partial charge is 0.455 e. The Morgan fingerprint density at radius 2 is 0.729 bits per heavy atom. The first-order valence-corrected chi connectivity index (χ1v) is 19.9. The summed E-state index contributed by atoms with van der Waals surface area (Å²) in [5.41, 5.74) is 8.95. The molecule has 0 atom stereocenters. The number of hydrogen-bond acceptors (Lipinski definition) is 4. The molecule has 10 aromatic carbocycles. The predicted octanol–water partition coefficient (Wildman–Crippen LogP) is 14.7. The van der Waals surface area contributed by atoms with E-state index in [1.807, 2.05) is 18.2 Å². The second kappa shape index (κ2) is 13.3. The molecule has 0 N–H and O–H groups in total. The van der Waals surface area contributed by atoms with E-state index in [0.717, 1.165) is 76.9 Å². The standard InChI is InChI=1S/C55H33N3O/c1-2-15-36-33-37(28-27-34(36)13-1)39-29-31-48(43-20-7-5-18-40(39)43)53-56-54(58-55(57-53)50-25-12-24-47-46-22-9-10-26-51(46)59-52(47)50)49-32-30-45(42-19-6-8-21-44(42)49)41-23-11-16-35-14-3-4-17-38(35)41/h1-33H. The highest BCUT2D eigenvalue weighted by Crippen LogP contribution is 2.41. The zero-order valence-electron chi connectivity index (χ0n) is 31.8. The van der Waals surface area contributed by atoms with Gasteiger partial charge in [-0.1, -0.05) is 170 Å². The fourth-order valence-electron chi connectivity index (χ4n) is 8.95. The van der Waals surface area contributed by atoms with Gasteiger partial charge in [-0.25, -0.2) is 15.0 Å². The van der Waals surface area contributed by atoms with Crippen LogP contribution in [0.2, 0.25) is 0 Å². The Kier molecular flexibility index (Phi) is 7.50. The molecule has 2 aromatic heterocycles. The fraction of sp³-hybridized carbons (Fsp3) is 0. The third kappa shape index (κ3) is 5.42. The maximum atomic E-state index is 6.56. The Hall–Kier alpha value is -7.95. The second-order valence-electron chi connectivity index (χ2n) is 15.1. The van der Waals surface area contributed by atoms with Crippen molar-refractivity contribution in [1.29, 1.82) is 0 Å². The summed E-state index contributed by atoms with van der Waals surface area (Å²) in [4.78, 5) is 16.0. The van der Waals surface area contributed by atoms with Gasteiger partial charge >= 0.3 is 0 Å². The van der Waals surface area contributed by atoms with Crippen LogP contribution in [0, 0.1) is 0 Å². The maximum Gasteiger partial charge on any atom is 0.167 e. The van der Waals surface area contributed by atoms with Crippen LogP contribution in [0.1, 0.15) is 0 Å². The molecule has 0 saturated carbocycles. The summed E-state index contributed by atoms with van der Waals surface area (Å²) in [5.74, 6) is 1.75. The molecule has 4 heteroatoms. The summed E-state index contributed by atoms with van der Waals surface area (Å²) < 4.78 is 6.56. The van der Waals surface area contributed by atoms with Gasteiger partial charge in [0, 0.05) is 21.9 Å². The number of nitrogens with zero attached hydrogens (tertiary/aromatic N) is 3. The molecule has 274 valence electrons. The maximum absolute atomic E-state index is 6.56. The molecule has 0 aliphatic rings. The van der Waals surface area contributed by atoms with Crippen LogP contribution < -0.4 is 0 Å². The van der Waals surface area contributed by atoms with E-state index in [1.165, 1.54) is 27.1 Å². The summed E-state index contributed by atoms with van der Waals surface area (Å²) in [5, 5.41) is 11.4. The van der Waals surface area contributed by atoms with E-state index >= 15 is 0 Å². The van der Waals surface area contributed by atoms with Crippen LogP contribution in [0.5, 0.6) is 0 Å². The highest BCUT2D eigenvalue weighted by molar-refractivity contribution is 6.11. The van der Waals surface area contributed by atoms with Gasteiger partial charge in [0.25, 0.3) is 0 Å². The van der Waals surface area contributed by atoms with Crippen molar-refractivity contribution in [3.05, 3.63) is 200 Å². The van der Waals surface area contributed by atoms with Crippen molar-refractivity contribution in [2.24, 2.45) is 0 Å². The molecule has 0 spiro atoms. The van der Waals surface area contributed by atoms with E-state index in [4.69, 9.17) is 19.4 Å². The Labute approximate surface area is 339 Å². The Bertz CT molecular complexity index is 3630. The third-order valence-corrected chi connectivity index (χ3v) is 11.8. The van der Waals surface area contributed by atoms with Crippen LogP contribution in [0.4, 0.5) is 0 Å². The Morgan fingerprint density at radius 1 is 0.271 bits per heavy atom. The first-order chi connectivity index (χ1) is 29.2. The van der Waals surface area contributed by atoms with Crippen LogP contribution in [0.15, 0.2) is 205 Å². The molecule has 0 bridgehead atoms. The van der Waals surface area contributed by atoms with Crippen LogP contribution in [-0.4, -0.2) is 15.0 Å². The topological polar surface area (TPSA) is 51.8 Å². The van der Waals surface area contributed by atoms with Gasteiger partial charge in [-0.2, -0.15) is 0 Å². The average Bonchev–Trinajstić information content (AvgIpc) is 3.69. The molecule has 0 radical (unpaired) electrons. The average molecular weight is 752 g/mol. The van der Waals surface area contributed by atoms with E-state index in [1.54, 1.807) is 0 Å². The molecular formula is C55H33N3O. The molecular weight excluding hydrogens is 719 g/mol. The summed E-state index contributed by atoms with van der Waals surface area (Å²) in [7, 11) is 0. The molecule has 0 fully saturated rings. The Morgan fingerprint density at radius 3 is 1.46 bits per heavy atom. The lowest BCUT2D eigenvalue weighted by atomic mass is 9.91. The van der Waals surface area contributed by atoms with Gasteiger partial charge < -0.3 is 4.42 Å². The first-order valence-electron chi connectivity index (χ1n) is 19.9. The molecule has 12 rings (SSSR count). The van der Waals surface area contributed by atoms with Crippen molar-refractivity contribution >= 4 is 65.0 Å². The van der Waals surface area contributed by atoms with Gasteiger partial charge in [0.15, 0.2) is 17.5 Å². The number of rotatable bonds is 5. The molecule has 2 heterocycles. The highest BCUT2D eigenvalue weighted by atomic mass is 16.3. The number of furan rings is 1. The van der Waals surface area contributed by atoms with E-state index in [-0.39, 0.29) is 0 Å². The van der Waals surface area contributed by atoms with Crippen LogP contribution >= 0.6 is 0 Å². The van der Waals surface area contributed by atoms with Gasteiger partial charge in [0.1, 0.15) is 11.2 Å². The Balaban J connectivity index is 1.10. The van der Waals surface area contributed by atoms with E-state index in [9.17, 15) is 0 Å². The quantitative estimate of drug-likeness (QED) is 0.176. The lowest BCUT2D eigenvalue weighted by Crippen LogP contribution is -2.01. The summed E-state index contributed by atoms with van der Waals surface area (Å²) >= 11 is 0. The van der Waals surface area contributed by atoms with Gasteiger partial charge in [-0.3, -0.25) is 0 Å². The second-order valence-corrected chi connectivity index (χ2v) is 15.1. The van der Waals surface area contributed by atoms with Crippen molar-refractivity contribution in [1.82, 2.24) is 15.0 Å². The molecule has 0 unspecified atom stereocenters. The van der Waals surface area contributed by atoms with Gasteiger partial charge in [-0.15, -0.1) is 0 Å². The van der Waals surface area contributed by atoms with Gasteiger partial charge in [-0.05, 0) is 95.7 Å². The number of aromatic nitrogens is 3.